The van der Waals surface area contributed by atoms with Gasteiger partial charge in [0.2, 0.25) is 17.8 Å². The Hall–Kier alpha value is -2.76. The predicted octanol–water partition coefficient (Wildman–Crippen LogP) is 1.48. The van der Waals surface area contributed by atoms with Gasteiger partial charge in [-0.3, -0.25) is 10.9 Å². The molecule has 0 bridgehead atoms. The van der Waals surface area contributed by atoms with Crippen molar-refractivity contribution in [2.45, 2.75) is 13.8 Å². The van der Waals surface area contributed by atoms with Gasteiger partial charge in [0, 0.05) is 31.9 Å². The van der Waals surface area contributed by atoms with Crippen molar-refractivity contribution in [3.63, 3.8) is 0 Å². The summed E-state index contributed by atoms with van der Waals surface area (Å²) in [6, 6.07) is 6.18. The van der Waals surface area contributed by atoms with E-state index in [4.69, 9.17) is 26.7 Å². The summed E-state index contributed by atoms with van der Waals surface area (Å²) in [7, 11) is 0. The molecule has 2 aliphatic heterocycles. The summed E-state index contributed by atoms with van der Waals surface area (Å²) >= 11 is 5.44. The van der Waals surface area contributed by atoms with E-state index in [-0.39, 0.29) is 0 Å². The highest BCUT2D eigenvalue weighted by Gasteiger charge is 2.20. The zero-order valence-corrected chi connectivity index (χ0v) is 18.7. The van der Waals surface area contributed by atoms with Gasteiger partial charge in [0.15, 0.2) is 5.11 Å². The van der Waals surface area contributed by atoms with Crippen LogP contribution < -0.4 is 26.0 Å². The molecule has 166 valence electrons. The van der Waals surface area contributed by atoms with E-state index in [1.165, 1.54) is 0 Å². The number of nitrogens with one attached hydrogen (secondary N) is 3. The van der Waals surface area contributed by atoms with Gasteiger partial charge in [-0.25, -0.2) is 0 Å². The molecule has 1 aromatic carbocycles. The van der Waals surface area contributed by atoms with Crippen LogP contribution in [0.5, 0.6) is 0 Å². The summed E-state index contributed by atoms with van der Waals surface area (Å²) in [4.78, 5) is 18.1. The Morgan fingerprint density at radius 1 is 0.903 bits per heavy atom. The molecule has 2 fully saturated rings. The summed E-state index contributed by atoms with van der Waals surface area (Å²) in [6.45, 7) is 9.67. The number of hydrogen-bond acceptors (Lipinski definition) is 9. The van der Waals surface area contributed by atoms with Crippen LogP contribution in [0.4, 0.5) is 23.5 Å². The van der Waals surface area contributed by atoms with Gasteiger partial charge in [-0.2, -0.15) is 15.0 Å². The highest BCUT2D eigenvalue weighted by atomic mass is 32.1. The van der Waals surface area contributed by atoms with Crippen LogP contribution in [0.1, 0.15) is 11.1 Å². The molecule has 0 amide bonds. The van der Waals surface area contributed by atoms with E-state index >= 15 is 0 Å². The molecule has 0 spiro atoms. The fraction of sp³-hybridized carbons (Fsp3) is 0.500. The summed E-state index contributed by atoms with van der Waals surface area (Å²) in [6.07, 6.45) is 0. The Kier molecular flexibility index (Phi) is 6.95. The Morgan fingerprint density at radius 3 is 2.06 bits per heavy atom. The highest BCUT2D eigenvalue weighted by Crippen LogP contribution is 2.19. The molecule has 2 saturated heterocycles. The molecule has 2 aliphatic rings. The van der Waals surface area contributed by atoms with E-state index in [1.807, 2.05) is 13.8 Å². The number of aryl methyl sites for hydroxylation is 2. The lowest BCUT2D eigenvalue weighted by Crippen LogP contribution is -2.40. The number of hydrazine groups is 1. The Morgan fingerprint density at radius 2 is 1.48 bits per heavy atom. The largest absolute Gasteiger partial charge is 0.378 e. The molecule has 3 N–H and O–H groups in total. The monoisotopic (exact) mass is 444 g/mol. The first kappa shape index (κ1) is 21.5. The van der Waals surface area contributed by atoms with E-state index in [9.17, 15) is 0 Å². The molecule has 10 nitrogen and oxygen atoms in total. The van der Waals surface area contributed by atoms with E-state index in [0.717, 1.165) is 43.0 Å². The maximum absolute atomic E-state index is 5.46. The van der Waals surface area contributed by atoms with E-state index in [1.54, 1.807) is 0 Å². The zero-order valence-electron chi connectivity index (χ0n) is 17.8. The van der Waals surface area contributed by atoms with Gasteiger partial charge in [-0.15, -0.1) is 0 Å². The first-order valence-electron chi connectivity index (χ1n) is 10.4. The van der Waals surface area contributed by atoms with Crippen molar-refractivity contribution in [1.82, 2.24) is 20.4 Å². The standard InChI is InChI=1S/C20H28N8O2S/c1-14-3-4-15(2)16(13-14)21-20(31)26-25-17-22-18(27-5-9-29-10-6-27)24-19(23-17)28-7-11-30-12-8-28/h3-4,13H,5-12H2,1-2H3,(H2,21,26,31)(H,22,23,24,25). The molecule has 11 heteroatoms. The second-order valence-corrected chi connectivity index (χ2v) is 7.89. The third-order valence-electron chi connectivity index (χ3n) is 5.13. The van der Waals surface area contributed by atoms with Gasteiger partial charge in [0.05, 0.1) is 26.4 Å². The summed E-state index contributed by atoms with van der Waals surface area (Å²) in [5, 5.41) is 3.64. The van der Waals surface area contributed by atoms with Crippen LogP contribution in [0.15, 0.2) is 18.2 Å². The number of nitrogens with zero attached hydrogens (tertiary/aromatic N) is 5. The molecule has 4 rings (SSSR count). The first-order valence-corrected chi connectivity index (χ1v) is 10.8. The van der Waals surface area contributed by atoms with E-state index in [0.29, 0.717) is 49.4 Å². The molecule has 0 atom stereocenters. The summed E-state index contributed by atoms with van der Waals surface area (Å²) in [5.74, 6) is 1.65. The lowest BCUT2D eigenvalue weighted by molar-refractivity contribution is 0.121. The molecule has 31 heavy (non-hydrogen) atoms. The van der Waals surface area contributed by atoms with E-state index < -0.39 is 0 Å². The lowest BCUT2D eigenvalue weighted by atomic mass is 10.1. The highest BCUT2D eigenvalue weighted by molar-refractivity contribution is 7.80. The second kappa shape index (κ2) is 10.0. The number of benzene rings is 1. The van der Waals surface area contributed by atoms with Crippen LogP contribution in [0.25, 0.3) is 0 Å². The van der Waals surface area contributed by atoms with Gasteiger partial charge in [0.25, 0.3) is 0 Å². The van der Waals surface area contributed by atoms with Crippen molar-refractivity contribution >= 4 is 40.9 Å². The van der Waals surface area contributed by atoms with Gasteiger partial charge in [0.1, 0.15) is 0 Å². The van der Waals surface area contributed by atoms with Crippen LogP contribution >= 0.6 is 12.2 Å². The molecule has 0 aliphatic carbocycles. The van der Waals surface area contributed by atoms with Crippen molar-refractivity contribution in [3.05, 3.63) is 29.3 Å². The van der Waals surface area contributed by atoms with Crippen LogP contribution in [-0.4, -0.2) is 72.7 Å². The zero-order chi connectivity index (χ0) is 21.6. The molecule has 2 aromatic rings. The number of aromatic nitrogens is 3. The van der Waals surface area contributed by atoms with Crippen molar-refractivity contribution < 1.29 is 9.47 Å². The minimum atomic E-state index is 0.406. The van der Waals surface area contributed by atoms with Crippen molar-refractivity contribution in [3.8, 4) is 0 Å². The van der Waals surface area contributed by atoms with Crippen molar-refractivity contribution in [2.24, 2.45) is 0 Å². The Labute approximate surface area is 187 Å². The normalized spacial score (nSPS) is 16.7. The summed E-state index contributed by atoms with van der Waals surface area (Å²) < 4.78 is 10.9. The molecule has 1 aromatic heterocycles. The Balaban J connectivity index is 1.48. The number of rotatable bonds is 5. The average Bonchev–Trinajstić information content (AvgIpc) is 2.81. The molecule has 3 heterocycles. The maximum atomic E-state index is 5.46. The fourth-order valence-corrected chi connectivity index (χ4v) is 3.52. The molecule has 0 unspecified atom stereocenters. The second-order valence-electron chi connectivity index (χ2n) is 7.48. The van der Waals surface area contributed by atoms with Crippen LogP contribution in [0, 0.1) is 13.8 Å². The summed E-state index contributed by atoms with van der Waals surface area (Å²) in [5.41, 5.74) is 9.24. The number of anilines is 4. The van der Waals surface area contributed by atoms with Gasteiger partial charge in [-0.05, 0) is 43.3 Å². The van der Waals surface area contributed by atoms with Crippen LogP contribution in [0.3, 0.4) is 0 Å². The predicted molar refractivity (Wildman–Crippen MR) is 125 cm³/mol. The van der Waals surface area contributed by atoms with Crippen molar-refractivity contribution in [1.29, 1.82) is 0 Å². The number of ether oxygens (including phenoxy) is 2. The van der Waals surface area contributed by atoms with E-state index in [2.05, 4.69) is 54.1 Å². The van der Waals surface area contributed by atoms with Crippen LogP contribution in [0.2, 0.25) is 0 Å². The smallest absolute Gasteiger partial charge is 0.248 e. The average molecular weight is 445 g/mol. The maximum Gasteiger partial charge on any atom is 0.248 e. The topological polar surface area (TPSA) is 99.7 Å². The molecule has 0 saturated carbocycles. The number of morpholine rings is 2. The number of thiocarbonyl (C=S) groups is 1. The van der Waals surface area contributed by atoms with Gasteiger partial charge in [-0.1, -0.05) is 12.1 Å². The van der Waals surface area contributed by atoms with Gasteiger partial charge >= 0.3 is 0 Å². The fourth-order valence-electron chi connectivity index (χ4n) is 3.36. The Bertz CT molecular complexity index is 880. The third-order valence-corrected chi connectivity index (χ3v) is 5.33. The number of hydrogen-bond donors (Lipinski definition) is 3. The van der Waals surface area contributed by atoms with Crippen molar-refractivity contribution in [2.75, 3.05) is 73.1 Å². The lowest BCUT2D eigenvalue weighted by Gasteiger charge is -2.30. The third kappa shape index (κ3) is 5.69. The minimum Gasteiger partial charge on any atom is -0.378 e. The first-order chi connectivity index (χ1) is 15.1. The molecular formula is C20H28N8O2S. The SMILES string of the molecule is Cc1ccc(C)c(NC(=S)NNc2nc(N3CCOCC3)nc(N3CCOCC3)n2)c1. The quantitative estimate of drug-likeness (QED) is 0.462. The molecular weight excluding hydrogens is 416 g/mol. The minimum absolute atomic E-state index is 0.406. The van der Waals surface area contributed by atoms with Gasteiger partial charge < -0.3 is 24.6 Å². The van der Waals surface area contributed by atoms with Crippen LogP contribution in [-0.2, 0) is 9.47 Å². The molecule has 0 radical (unpaired) electrons.